The molecule has 1 aliphatic rings. The minimum atomic E-state index is -5.03. The molecule has 1 amide bonds. The maximum absolute atomic E-state index is 13.5. The molecule has 1 saturated heterocycles. The SMILES string of the molecule is CN(Cc1cc(C(F)(F)F)cc(C(F)(F)F)c1)C(=O)Oc1cnc(N2CCNCC2)nc1-c1ccc(F)cc1. The lowest BCUT2D eigenvalue weighted by molar-refractivity contribution is -0.143. The molecule has 0 spiro atoms. The summed E-state index contributed by atoms with van der Waals surface area (Å²) in [6.45, 7) is 2.01. The Hall–Kier alpha value is -3.94. The number of hydrogen-bond donors (Lipinski definition) is 1. The summed E-state index contributed by atoms with van der Waals surface area (Å²) in [5.41, 5.74) is -2.85. The summed E-state index contributed by atoms with van der Waals surface area (Å²) in [6.07, 6.45) is -9.89. The fraction of sp³-hybridized carbons (Fsp3) is 0.320. The second-order valence-electron chi connectivity index (χ2n) is 8.76. The van der Waals surface area contributed by atoms with Gasteiger partial charge in [-0.3, -0.25) is 0 Å². The number of benzene rings is 2. The Bertz CT molecular complexity index is 1290. The van der Waals surface area contributed by atoms with Gasteiger partial charge < -0.3 is 19.9 Å². The zero-order chi connectivity index (χ0) is 28.4. The van der Waals surface area contributed by atoms with E-state index >= 15 is 0 Å². The third-order valence-corrected chi connectivity index (χ3v) is 5.84. The average Bonchev–Trinajstić information content (AvgIpc) is 2.88. The van der Waals surface area contributed by atoms with Crippen LogP contribution in [0.15, 0.2) is 48.7 Å². The lowest BCUT2D eigenvalue weighted by Gasteiger charge is -2.28. The Balaban J connectivity index is 1.60. The van der Waals surface area contributed by atoms with E-state index in [-0.39, 0.29) is 17.5 Å². The van der Waals surface area contributed by atoms with E-state index in [1.807, 2.05) is 4.90 Å². The molecule has 1 aromatic heterocycles. The van der Waals surface area contributed by atoms with Crippen molar-refractivity contribution in [3.05, 3.63) is 71.2 Å². The van der Waals surface area contributed by atoms with Crippen molar-refractivity contribution in [1.82, 2.24) is 20.2 Å². The molecule has 14 heteroatoms. The van der Waals surface area contributed by atoms with Gasteiger partial charge in [-0.15, -0.1) is 0 Å². The first-order valence-electron chi connectivity index (χ1n) is 11.6. The molecule has 1 aliphatic heterocycles. The van der Waals surface area contributed by atoms with Crippen LogP contribution in [0.2, 0.25) is 0 Å². The normalized spacial score (nSPS) is 14.3. The van der Waals surface area contributed by atoms with Crippen LogP contribution in [0.5, 0.6) is 5.75 Å². The maximum Gasteiger partial charge on any atom is 0.416 e. The number of piperazine rings is 1. The molecule has 0 bridgehead atoms. The van der Waals surface area contributed by atoms with E-state index in [2.05, 4.69) is 15.3 Å². The molecule has 0 radical (unpaired) electrons. The van der Waals surface area contributed by atoms with Crippen LogP contribution in [0, 0.1) is 5.82 Å². The minimum Gasteiger partial charge on any atom is -0.406 e. The van der Waals surface area contributed by atoms with Crippen LogP contribution in [0.1, 0.15) is 16.7 Å². The van der Waals surface area contributed by atoms with E-state index in [9.17, 15) is 35.5 Å². The van der Waals surface area contributed by atoms with Gasteiger partial charge >= 0.3 is 18.4 Å². The Morgan fingerprint density at radius 1 is 1.00 bits per heavy atom. The number of nitrogens with one attached hydrogen (secondary N) is 1. The highest BCUT2D eigenvalue weighted by atomic mass is 19.4. The summed E-state index contributed by atoms with van der Waals surface area (Å²) >= 11 is 0. The van der Waals surface area contributed by atoms with Gasteiger partial charge in [-0.1, -0.05) is 0 Å². The number of carbonyl (C=O) groups excluding carboxylic acids is 1. The molecule has 4 rings (SSSR count). The van der Waals surface area contributed by atoms with Crippen molar-refractivity contribution >= 4 is 12.0 Å². The number of carbonyl (C=O) groups is 1. The van der Waals surface area contributed by atoms with Gasteiger partial charge in [0.05, 0.1) is 17.3 Å². The van der Waals surface area contributed by atoms with Crippen LogP contribution in [0.3, 0.4) is 0 Å². The van der Waals surface area contributed by atoms with E-state index in [4.69, 9.17) is 4.74 Å². The van der Waals surface area contributed by atoms with E-state index in [0.717, 1.165) is 11.9 Å². The highest BCUT2D eigenvalue weighted by Crippen LogP contribution is 2.37. The van der Waals surface area contributed by atoms with E-state index in [1.54, 1.807) is 0 Å². The lowest BCUT2D eigenvalue weighted by atomic mass is 10.0. The summed E-state index contributed by atoms with van der Waals surface area (Å²) in [7, 11) is 1.16. The number of amides is 1. The number of anilines is 1. The fourth-order valence-corrected chi connectivity index (χ4v) is 3.89. The zero-order valence-corrected chi connectivity index (χ0v) is 20.4. The second-order valence-corrected chi connectivity index (χ2v) is 8.76. The summed E-state index contributed by atoms with van der Waals surface area (Å²) in [5.74, 6) is -0.294. The van der Waals surface area contributed by atoms with E-state index in [0.29, 0.717) is 49.8 Å². The zero-order valence-electron chi connectivity index (χ0n) is 20.4. The summed E-state index contributed by atoms with van der Waals surface area (Å²) < 4.78 is 98.1. The van der Waals surface area contributed by atoms with Gasteiger partial charge in [0.25, 0.3) is 0 Å². The molecule has 7 nitrogen and oxygen atoms in total. The molecule has 3 aromatic rings. The smallest absolute Gasteiger partial charge is 0.406 e. The largest absolute Gasteiger partial charge is 0.416 e. The Morgan fingerprint density at radius 3 is 2.15 bits per heavy atom. The van der Waals surface area contributed by atoms with Gasteiger partial charge in [-0.25, -0.2) is 19.2 Å². The van der Waals surface area contributed by atoms with Crippen molar-refractivity contribution in [3.63, 3.8) is 0 Å². The molecule has 1 N–H and O–H groups in total. The number of hydrogen-bond acceptors (Lipinski definition) is 6. The first kappa shape index (κ1) is 28.1. The van der Waals surface area contributed by atoms with Crippen LogP contribution in [-0.2, 0) is 18.9 Å². The van der Waals surface area contributed by atoms with Crippen LogP contribution >= 0.6 is 0 Å². The van der Waals surface area contributed by atoms with Crippen molar-refractivity contribution in [2.24, 2.45) is 0 Å². The first-order chi connectivity index (χ1) is 18.3. The predicted molar refractivity (Wildman–Crippen MR) is 126 cm³/mol. The van der Waals surface area contributed by atoms with Gasteiger partial charge in [0.1, 0.15) is 11.5 Å². The second kappa shape index (κ2) is 11.0. The number of halogens is 7. The number of aromatic nitrogens is 2. The molecular weight excluding hydrogens is 535 g/mol. The van der Waals surface area contributed by atoms with Crippen LogP contribution in [0.4, 0.5) is 41.5 Å². The highest BCUT2D eigenvalue weighted by Gasteiger charge is 2.37. The molecule has 39 heavy (non-hydrogen) atoms. The van der Waals surface area contributed by atoms with Crippen LogP contribution in [0.25, 0.3) is 11.3 Å². The van der Waals surface area contributed by atoms with Gasteiger partial charge in [-0.2, -0.15) is 26.3 Å². The van der Waals surface area contributed by atoms with Crippen molar-refractivity contribution in [2.75, 3.05) is 38.1 Å². The first-order valence-corrected chi connectivity index (χ1v) is 11.6. The van der Waals surface area contributed by atoms with Crippen molar-refractivity contribution in [1.29, 1.82) is 0 Å². The van der Waals surface area contributed by atoms with Crippen LogP contribution < -0.4 is 15.0 Å². The number of rotatable bonds is 5. The fourth-order valence-electron chi connectivity index (χ4n) is 3.89. The predicted octanol–water partition coefficient (Wildman–Crippen LogP) is 5.36. The Labute approximate surface area is 218 Å². The minimum absolute atomic E-state index is 0.00802. The third-order valence-electron chi connectivity index (χ3n) is 5.84. The number of nitrogens with zero attached hydrogens (tertiary/aromatic N) is 4. The highest BCUT2D eigenvalue weighted by molar-refractivity contribution is 5.75. The number of ether oxygens (including phenoxy) is 1. The summed E-state index contributed by atoms with van der Waals surface area (Å²) in [6, 6.07) is 6.29. The molecule has 2 heterocycles. The molecule has 0 atom stereocenters. The molecular formula is C25H22F7N5O2. The van der Waals surface area contributed by atoms with E-state index < -0.39 is 47.5 Å². The van der Waals surface area contributed by atoms with E-state index in [1.165, 1.54) is 30.5 Å². The number of alkyl halides is 6. The van der Waals surface area contributed by atoms with Gasteiger partial charge in [0.15, 0.2) is 5.75 Å². The molecule has 0 saturated carbocycles. The van der Waals surface area contributed by atoms with Crippen molar-refractivity contribution in [2.45, 2.75) is 18.9 Å². The molecule has 1 fully saturated rings. The monoisotopic (exact) mass is 557 g/mol. The average molecular weight is 557 g/mol. The molecule has 2 aromatic carbocycles. The summed E-state index contributed by atoms with van der Waals surface area (Å²) in [5, 5.41) is 3.19. The lowest BCUT2D eigenvalue weighted by Crippen LogP contribution is -2.44. The van der Waals surface area contributed by atoms with Crippen molar-refractivity contribution < 1.29 is 40.3 Å². The van der Waals surface area contributed by atoms with Gasteiger partial charge in [0, 0.05) is 45.3 Å². The summed E-state index contributed by atoms with van der Waals surface area (Å²) in [4.78, 5) is 24.3. The maximum atomic E-state index is 13.5. The topological polar surface area (TPSA) is 70.6 Å². The van der Waals surface area contributed by atoms with Crippen LogP contribution in [-0.4, -0.2) is 54.2 Å². The van der Waals surface area contributed by atoms with Crippen molar-refractivity contribution in [3.8, 4) is 17.0 Å². The Kier molecular flexibility index (Phi) is 7.95. The quantitative estimate of drug-likeness (QED) is 0.426. The standard InChI is InChI=1S/C25H22F7N5O2/c1-36(14-15-10-17(24(27,28)29)12-18(11-15)25(30,31)32)23(38)39-20-13-34-22(37-8-6-33-7-9-37)35-21(20)16-2-4-19(26)5-3-16/h2-5,10-13,33H,6-9,14H2,1H3. The Morgan fingerprint density at radius 2 is 1.59 bits per heavy atom. The third kappa shape index (κ3) is 6.93. The molecule has 0 unspecified atom stereocenters. The molecule has 0 aliphatic carbocycles. The van der Waals surface area contributed by atoms with Gasteiger partial charge in [-0.05, 0) is 48.0 Å². The molecule has 208 valence electrons. The van der Waals surface area contributed by atoms with Gasteiger partial charge in [0.2, 0.25) is 5.95 Å².